The molecule has 278 valence electrons. The molecule has 2 nitrogen and oxygen atoms in total. The minimum atomic E-state index is -0.512. The van der Waals surface area contributed by atoms with Gasteiger partial charge in [-0.25, -0.2) is 9.97 Å². The van der Waals surface area contributed by atoms with Gasteiger partial charge in [-0.2, -0.15) is 0 Å². The van der Waals surface area contributed by atoms with Crippen molar-refractivity contribution in [3.05, 3.63) is 228 Å². The van der Waals surface area contributed by atoms with Crippen molar-refractivity contribution in [2.75, 3.05) is 0 Å². The zero-order valence-electron chi connectivity index (χ0n) is 32.8. The predicted molar refractivity (Wildman–Crippen MR) is 246 cm³/mol. The van der Waals surface area contributed by atoms with Gasteiger partial charge in [0, 0.05) is 42.3 Å². The van der Waals surface area contributed by atoms with Gasteiger partial charge in [0.15, 0.2) is 5.82 Å². The summed E-state index contributed by atoms with van der Waals surface area (Å²) >= 11 is 1.84. The van der Waals surface area contributed by atoms with Crippen molar-refractivity contribution < 1.29 is 0 Å². The Balaban J connectivity index is 1.17. The molecule has 0 aliphatic heterocycles. The van der Waals surface area contributed by atoms with Gasteiger partial charge >= 0.3 is 0 Å². The standard InChI is InChI=1S/C56H38N2S/c1-55(2)45-30-12-9-22-37(45)39-25-15-29-44(52(39)55)54-57-48(34-49(58-54)43-28-16-26-40-38-23-11-14-33-50(38)59-53(40)43)42-27-17-32-47-51(42)41-24-10-13-31-46(41)56(47,35-18-5-3-6-19-35)36-20-7-4-8-21-36/h3-34H,1-2H3. The van der Waals surface area contributed by atoms with Crippen molar-refractivity contribution in [1.29, 1.82) is 0 Å². The van der Waals surface area contributed by atoms with Crippen LogP contribution in [0.4, 0.5) is 0 Å². The Morgan fingerprint density at radius 3 is 1.71 bits per heavy atom. The molecule has 0 saturated heterocycles. The molecule has 8 aromatic carbocycles. The van der Waals surface area contributed by atoms with Crippen LogP contribution in [0, 0.1) is 0 Å². The highest BCUT2D eigenvalue weighted by Crippen LogP contribution is 2.58. The first-order chi connectivity index (χ1) is 29.0. The molecule has 2 aliphatic rings. The summed E-state index contributed by atoms with van der Waals surface area (Å²) in [7, 11) is 0. The van der Waals surface area contributed by atoms with E-state index in [9.17, 15) is 0 Å². The topological polar surface area (TPSA) is 25.8 Å². The minimum absolute atomic E-state index is 0.231. The van der Waals surface area contributed by atoms with Crippen molar-refractivity contribution in [2.45, 2.75) is 24.7 Å². The molecule has 0 N–H and O–H groups in total. The SMILES string of the molecule is CC1(C)c2ccccc2-c2cccc(-c3nc(-c4cccc5c4-c4ccccc4C5(c4ccccc4)c4ccccc4)cc(-c4cccc5c4sc4ccccc45)n3)c21. The van der Waals surface area contributed by atoms with E-state index in [0.29, 0.717) is 0 Å². The summed E-state index contributed by atoms with van der Waals surface area (Å²) in [4.78, 5) is 11.2. The lowest BCUT2D eigenvalue weighted by atomic mass is 9.67. The number of hydrogen-bond acceptors (Lipinski definition) is 3. The summed E-state index contributed by atoms with van der Waals surface area (Å²) in [6.45, 7) is 4.69. The number of rotatable bonds is 5. The van der Waals surface area contributed by atoms with Gasteiger partial charge in [0.1, 0.15) is 0 Å². The fraction of sp³-hybridized carbons (Fsp3) is 0.0714. The number of aromatic nitrogens is 2. The zero-order chi connectivity index (χ0) is 39.3. The lowest BCUT2D eigenvalue weighted by Crippen LogP contribution is -2.28. The van der Waals surface area contributed by atoms with Crippen LogP contribution in [0.3, 0.4) is 0 Å². The maximum atomic E-state index is 5.66. The number of hydrogen-bond donors (Lipinski definition) is 0. The van der Waals surface area contributed by atoms with Crippen molar-refractivity contribution in [2.24, 2.45) is 0 Å². The first-order valence-corrected chi connectivity index (χ1v) is 21.2. The first kappa shape index (κ1) is 34.1. The summed E-state index contributed by atoms with van der Waals surface area (Å²) in [6.07, 6.45) is 0. The Bertz CT molecular complexity index is 3260. The Hall–Kier alpha value is -6.94. The molecule has 0 radical (unpaired) electrons. The molecule has 2 heterocycles. The van der Waals surface area contributed by atoms with Gasteiger partial charge in [0.25, 0.3) is 0 Å². The molecule has 0 amide bonds. The molecule has 2 aromatic heterocycles. The van der Waals surface area contributed by atoms with Gasteiger partial charge < -0.3 is 0 Å². The second-order valence-corrected chi connectivity index (χ2v) is 17.4. The van der Waals surface area contributed by atoms with Crippen LogP contribution in [0.15, 0.2) is 194 Å². The number of benzene rings is 8. The van der Waals surface area contributed by atoms with Gasteiger partial charge in [-0.1, -0.05) is 196 Å². The van der Waals surface area contributed by atoms with E-state index in [0.717, 1.165) is 33.9 Å². The van der Waals surface area contributed by atoms with E-state index in [1.807, 2.05) is 11.3 Å². The van der Waals surface area contributed by atoms with Crippen LogP contribution in [-0.4, -0.2) is 9.97 Å². The Morgan fingerprint density at radius 2 is 0.932 bits per heavy atom. The highest BCUT2D eigenvalue weighted by molar-refractivity contribution is 7.26. The number of thiophene rings is 1. The monoisotopic (exact) mass is 770 g/mol. The molecule has 12 rings (SSSR count). The molecule has 0 fully saturated rings. The van der Waals surface area contributed by atoms with Crippen molar-refractivity contribution in [3.63, 3.8) is 0 Å². The average Bonchev–Trinajstić information content (AvgIpc) is 3.91. The first-order valence-electron chi connectivity index (χ1n) is 20.4. The molecule has 10 aromatic rings. The van der Waals surface area contributed by atoms with Gasteiger partial charge in [0.05, 0.1) is 16.8 Å². The highest BCUT2D eigenvalue weighted by atomic mass is 32.1. The fourth-order valence-corrected chi connectivity index (χ4v) is 11.8. The lowest BCUT2D eigenvalue weighted by Gasteiger charge is -2.33. The van der Waals surface area contributed by atoms with E-state index in [2.05, 4.69) is 208 Å². The fourth-order valence-electron chi connectivity index (χ4n) is 10.5. The predicted octanol–water partition coefficient (Wildman–Crippen LogP) is 14.5. The molecule has 59 heavy (non-hydrogen) atoms. The van der Waals surface area contributed by atoms with Crippen molar-refractivity contribution in [3.8, 4) is 56.2 Å². The van der Waals surface area contributed by atoms with Crippen LogP contribution < -0.4 is 0 Å². The molecule has 0 unspecified atom stereocenters. The van der Waals surface area contributed by atoms with Crippen molar-refractivity contribution >= 4 is 31.5 Å². The van der Waals surface area contributed by atoms with Crippen LogP contribution in [0.25, 0.3) is 76.3 Å². The summed E-state index contributed by atoms with van der Waals surface area (Å²) < 4.78 is 2.52. The van der Waals surface area contributed by atoms with E-state index < -0.39 is 5.41 Å². The van der Waals surface area contributed by atoms with Gasteiger partial charge in [0.2, 0.25) is 0 Å². The normalized spacial score (nSPS) is 14.2. The third-order valence-corrected chi connectivity index (χ3v) is 14.2. The third-order valence-electron chi connectivity index (χ3n) is 13.0. The quantitative estimate of drug-likeness (QED) is 0.174. The third kappa shape index (κ3) is 4.80. The Kier molecular flexibility index (Phi) is 7.39. The number of fused-ring (bicyclic) bond motifs is 9. The second-order valence-electron chi connectivity index (χ2n) is 16.4. The maximum absolute atomic E-state index is 5.66. The number of nitrogens with zero attached hydrogens (tertiary/aromatic N) is 2. The molecule has 0 spiro atoms. The van der Waals surface area contributed by atoms with Crippen LogP contribution in [0.5, 0.6) is 0 Å². The van der Waals surface area contributed by atoms with E-state index in [1.54, 1.807) is 0 Å². The molecule has 0 saturated carbocycles. The van der Waals surface area contributed by atoms with Crippen LogP contribution in [0.2, 0.25) is 0 Å². The lowest BCUT2D eigenvalue weighted by molar-refractivity contribution is 0.661. The average molecular weight is 771 g/mol. The van der Waals surface area contributed by atoms with E-state index in [1.165, 1.54) is 75.8 Å². The molecular weight excluding hydrogens is 733 g/mol. The molecular formula is C56H38N2S. The largest absolute Gasteiger partial charge is 0.228 e. The minimum Gasteiger partial charge on any atom is -0.228 e. The van der Waals surface area contributed by atoms with Crippen LogP contribution in [-0.2, 0) is 10.8 Å². The van der Waals surface area contributed by atoms with Crippen LogP contribution >= 0.6 is 11.3 Å². The molecule has 0 atom stereocenters. The molecule has 0 bridgehead atoms. The van der Waals surface area contributed by atoms with Gasteiger partial charge in [-0.3, -0.25) is 0 Å². The summed E-state index contributed by atoms with van der Waals surface area (Å²) in [5, 5.41) is 2.53. The van der Waals surface area contributed by atoms with E-state index >= 15 is 0 Å². The van der Waals surface area contributed by atoms with Crippen molar-refractivity contribution in [1.82, 2.24) is 9.97 Å². The highest BCUT2D eigenvalue weighted by Gasteiger charge is 2.47. The molecule has 2 aliphatic carbocycles. The summed E-state index contributed by atoms with van der Waals surface area (Å²) in [5.74, 6) is 0.745. The maximum Gasteiger partial charge on any atom is 0.160 e. The smallest absolute Gasteiger partial charge is 0.160 e. The second kappa shape index (κ2) is 12.8. The molecule has 3 heteroatoms. The van der Waals surface area contributed by atoms with Gasteiger partial charge in [-0.15, -0.1) is 11.3 Å². The van der Waals surface area contributed by atoms with E-state index in [-0.39, 0.29) is 5.41 Å². The van der Waals surface area contributed by atoms with Crippen LogP contribution in [0.1, 0.15) is 47.2 Å². The van der Waals surface area contributed by atoms with E-state index in [4.69, 9.17) is 9.97 Å². The summed E-state index contributed by atoms with van der Waals surface area (Å²) in [5.41, 5.74) is 17.1. The zero-order valence-corrected chi connectivity index (χ0v) is 33.6. The Labute approximate surface area is 348 Å². The Morgan fingerprint density at radius 1 is 0.407 bits per heavy atom. The van der Waals surface area contributed by atoms with Gasteiger partial charge in [-0.05, 0) is 67.8 Å². The summed E-state index contributed by atoms with van der Waals surface area (Å²) in [6, 6.07) is 71.0.